The summed E-state index contributed by atoms with van der Waals surface area (Å²) in [6.45, 7) is 2.05. The standard InChI is InChI=1S/C18H21N5O/c1-4-16(15-9-20-23(3)11-15)21-18(24)14-7-5-6-13(8-14)17-10-19-12-22(17)2/h5-12,16H,4H2,1-3H3,(H,21,24)/t16-/m0/s1. The Hall–Kier alpha value is -2.89. The number of rotatable bonds is 5. The fraction of sp³-hybridized carbons (Fsp3) is 0.278. The largest absolute Gasteiger partial charge is 0.345 e. The smallest absolute Gasteiger partial charge is 0.251 e. The van der Waals surface area contributed by atoms with E-state index in [1.165, 1.54) is 0 Å². The molecule has 3 aromatic rings. The number of hydrogen-bond donors (Lipinski definition) is 1. The number of nitrogens with one attached hydrogen (secondary N) is 1. The minimum Gasteiger partial charge on any atom is -0.345 e. The van der Waals surface area contributed by atoms with Crippen molar-refractivity contribution in [1.82, 2.24) is 24.6 Å². The molecule has 6 heteroatoms. The molecule has 2 heterocycles. The van der Waals surface area contributed by atoms with Gasteiger partial charge in [0.2, 0.25) is 0 Å². The molecule has 2 aromatic heterocycles. The van der Waals surface area contributed by atoms with Gasteiger partial charge in [-0.2, -0.15) is 5.10 Å². The van der Waals surface area contributed by atoms with Gasteiger partial charge in [0.25, 0.3) is 5.91 Å². The van der Waals surface area contributed by atoms with Gasteiger partial charge < -0.3 is 9.88 Å². The zero-order valence-corrected chi connectivity index (χ0v) is 14.1. The average molecular weight is 323 g/mol. The molecule has 0 aliphatic carbocycles. The molecule has 1 N–H and O–H groups in total. The lowest BCUT2D eigenvalue weighted by molar-refractivity contribution is 0.0935. The van der Waals surface area contributed by atoms with Gasteiger partial charge in [0.05, 0.1) is 30.5 Å². The Bertz CT molecular complexity index is 848. The van der Waals surface area contributed by atoms with Crippen LogP contribution in [-0.4, -0.2) is 25.2 Å². The second-order valence-corrected chi connectivity index (χ2v) is 5.85. The molecule has 0 bridgehead atoms. The maximum Gasteiger partial charge on any atom is 0.251 e. The van der Waals surface area contributed by atoms with E-state index in [4.69, 9.17) is 0 Å². The minimum atomic E-state index is -0.0882. The van der Waals surface area contributed by atoms with Crippen molar-refractivity contribution in [1.29, 1.82) is 0 Å². The molecule has 6 nitrogen and oxygen atoms in total. The molecule has 1 amide bonds. The van der Waals surface area contributed by atoms with Crippen LogP contribution in [0.25, 0.3) is 11.3 Å². The highest BCUT2D eigenvalue weighted by atomic mass is 16.1. The van der Waals surface area contributed by atoms with Crippen molar-refractivity contribution in [3.8, 4) is 11.3 Å². The molecular formula is C18H21N5O. The number of hydrogen-bond acceptors (Lipinski definition) is 3. The van der Waals surface area contributed by atoms with Crippen LogP contribution in [-0.2, 0) is 14.1 Å². The second kappa shape index (κ2) is 6.70. The molecule has 24 heavy (non-hydrogen) atoms. The lowest BCUT2D eigenvalue weighted by Gasteiger charge is -2.16. The summed E-state index contributed by atoms with van der Waals surface area (Å²) in [7, 11) is 3.81. The van der Waals surface area contributed by atoms with Gasteiger partial charge in [-0.05, 0) is 18.6 Å². The van der Waals surface area contributed by atoms with E-state index in [0.29, 0.717) is 5.56 Å². The summed E-state index contributed by atoms with van der Waals surface area (Å²) >= 11 is 0. The molecule has 0 aliphatic heterocycles. The van der Waals surface area contributed by atoms with E-state index in [1.54, 1.807) is 23.4 Å². The summed E-state index contributed by atoms with van der Waals surface area (Å²) in [4.78, 5) is 16.8. The molecule has 1 atom stereocenters. The number of amides is 1. The van der Waals surface area contributed by atoms with Crippen LogP contribution >= 0.6 is 0 Å². The first-order valence-corrected chi connectivity index (χ1v) is 7.94. The van der Waals surface area contributed by atoms with Crippen LogP contribution in [0.5, 0.6) is 0 Å². The molecule has 0 spiro atoms. The van der Waals surface area contributed by atoms with Crippen molar-refractivity contribution in [3.05, 3.63) is 60.3 Å². The highest BCUT2D eigenvalue weighted by Crippen LogP contribution is 2.21. The summed E-state index contributed by atoms with van der Waals surface area (Å²) in [6.07, 6.45) is 8.07. The zero-order chi connectivity index (χ0) is 17.1. The molecular weight excluding hydrogens is 302 g/mol. The molecule has 0 saturated carbocycles. The number of aryl methyl sites for hydroxylation is 2. The van der Waals surface area contributed by atoms with Gasteiger partial charge in [0.1, 0.15) is 0 Å². The number of benzene rings is 1. The van der Waals surface area contributed by atoms with Crippen LogP contribution in [0.3, 0.4) is 0 Å². The number of imidazole rings is 1. The number of carbonyl (C=O) groups is 1. The first kappa shape index (κ1) is 16.0. The second-order valence-electron chi connectivity index (χ2n) is 5.85. The van der Waals surface area contributed by atoms with Gasteiger partial charge in [0, 0.05) is 37.0 Å². The van der Waals surface area contributed by atoms with Crippen LogP contribution in [0, 0.1) is 0 Å². The molecule has 0 fully saturated rings. The molecule has 1 aromatic carbocycles. The predicted octanol–water partition coefficient (Wildman–Crippen LogP) is 2.70. The molecule has 3 rings (SSSR count). The normalized spacial score (nSPS) is 12.1. The van der Waals surface area contributed by atoms with E-state index in [1.807, 2.05) is 56.0 Å². The maximum absolute atomic E-state index is 12.6. The molecule has 0 saturated heterocycles. The molecule has 0 unspecified atom stereocenters. The van der Waals surface area contributed by atoms with E-state index in [0.717, 1.165) is 23.2 Å². The van der Waals surface area contributed by atoms with Gasteiger partial charge in [-0.3, -0.25) is 9.48 Å². The van der Waals surface area contributed by atoms with E-state index < -0.39 is 0 Å². The van der Waals surface area contributed by atoms with Crippen LogP contribution in [0.1, 0.15) is 35.3 Å². The first-order chi connectivity index (χ1) is 11.6. The SMILES string of the molecule is CC[C@H](NC(=O)c1cccc(-c2cncn2C)c1)c1cnn(C)c1. The molecule has 0 radical (unpaired) electrons. The average Bonchev–Trinajstić information content (AvgIpc) is 3.21. The fourth-order valence-corrected chi connectivity index (χ4v) is 2.74. The van der Waals surface area contributed by atoms with E-state index in [2.05, 4.69) is 15.4 Å². The van der Waals surface area contributed by atoms with Crippen LogP contribution in [0.4, 0.5) is 0 Å². The summed E-state index contributed by atoms with van der Waals surface area (Å²) in [5.41, 5.74) is 3.59. The van der Waals surface area contributed by atoms with Crippen LogP contribution in [0.15, 0.2) is 49.2 Å². The quantitative estimate of drug-likeness (QED) is 0.785. The lowest BCUT2D eigenvalue weighted by atomic mass is 10.1. The van der Waals surface area contributed by atoms with Gasteiger partial charge in [0.15, 0.2) is 0 Å². The summed E-state index contributed by atoms with van der Waals surface area (Å²) in [5.74, 6) is -0.0882. The summed E-state index contributed by atoms with van der Waals surface area (Å²) < 4.78 is 3.68. The van der Waals surface area contributed by atoms with Crippen molar-refractivity contribution in [2.24, 2.45) is 14.1 Å². The van der Waals surface area contributed by atoms with Crippen molar-refractivity contribution in [2.45, 2.75) is 19.4 Å². The third-order valence-corrected chi connectivity index (χ3v) is 4.08. The zero-order valence-electron chi connectivity index (χ0n) is 14.1. The van der Waals surface area contributed by atoms with E-state index in [-0.39, 0.29) is 11.9 Å². The maximum atomic E-state index is 12.6. The highest BCUT2D eigenvalue weighted by molar-refractivity contribution is 5.95. The number of aromatic nitrogens is 4. The molecule has 0 aliphatic rings. The van der Waals surface area contributed by atoms with Crippen molar-refractivity contribution >= 4 is 5.91 Å². The topological polar surface area (TPSA) is 64.7 Å². The Labute approximate surface area is 141 Å². The van der Waals surface area contributed by atoms with Crippen molar-refractivity contribution in [2.75, 3.05) is 0 Å². The highest BCUT2D eigenvalue weighted by Gasteiger charge is 2.16. The van der Waals surface area contributed by atoms with E-state index in [9.17, 15) is 4.79 Å². The summed E-state index contributed by atoms with van der Waals surface area (Å²) in [5, 5.41) is 7.26. The number of carbonyl (C=O) groups excluding carboxylic acids is 1. The summed E-state index contributed by atoms with van der Waals surface area (Å²) in [6, 6.07) is 7.54. The number of nitrogens with zero attached hydrogens (tertiary/aromatic N) is 4. The third kappa shape index (κ3) is 3.22. The predicted molar refractivity (Wildman–Crippen MR) is 92.4 cm³/mol. The Kier molecular flexibility index (Phi) is 4.46. The molecule has 124 valence electrons. The monoisotopic (exact) mass is 323 g/mol. The van der Waals surface area contributed by atoms with Crippen LogP contribution < -0.4 is 5.32 Å². The Morgan fingerprint density at radius 2 is 2.12 bits per heavy atom. The Balaban J connectivity index is 1.81. The third-order valence-electron chi connectivity index (χ3n) is 4.08. The van der Waals surface area contributed by atoms with Crippen molar-refractivity contribution < 1.29 is 4.79 Å². The van der Waals surface area contributed by atoms with Gasteiger partial charge in [-0.1, -0.05) is 19.1 Å². The Morgan fingerprint density at radius 1 is 1.29 bits per heavy atom. The van der Waals surface area contributed by atoms with Gasteiger partial charge in [-0.25, -0.2) is 4.98 Å². The Morgan fingerprint density at radius 3 is 2.75 bits per heavy atom. The van der Waals surface area contributed by atoms with E-state index >= 15 is 0 Å². The first-order valence-electron chi connectivity index (χ1n) is 7.94. The fourth-order valence-electron chi connectivity index (χ4n) is 2.74. The van der Waals surface area contributed by atoms with Crippen molar-refractivity contribution in [3.63, 3.8) is 0 Å². The van der Waals surface area contributed by atoms with Gasteiger partial charge >= 0.3 is 0 Å². The van der Waals surface area contributed by atoms with Gasteiger partial charge in [-0.15, -0.1) is 0 Å². The minimum absolute atomic E-state index is 0.0495. The lowest BCUT2D eigenvalue weighted by Crippen LogP contribution is -2.28. The van der Waals surface area contributed by atoms with Crippen LogP contribution in [0.2, 0.25) is 0 Å².